The van der Waals surface area contributed by atoms with E-state index in [1.807, 2.05) is 0 Å². The van der Waals surface area contributed by atoms with Gasteiger partial charge in [-0.25, -0.2) is 18.4 Å². The van der Waals surface area contributed by atoms with Gasteiger partial charge >= 0.3 is 12.1 Å². The number of nitrogens with zero attached hydrogens (tertiary/aromatic N) is 1. The first kappa shape index (κ1) is 17.0. The number of halogens is 2. The Balaban J connectivity index is 2.19. The van der Waals surface area contributed by atoms with E-state index in [4.69, 9.17) is 4.74 Å². The van der Waals surface area contributed by atoms with Crippen molar-refractivity contribution in [1.29, 1.82) is 0 Å². The summed E-state index contributed by atoms with van der Waals surface area (Å²) in [7, 11) is 0. The average Bonchev–Trinajstić information content (AvgIpc) is 2.71. The van der Waals surface area contributed by atoms with Crippen molar-refractivity contribution in [2.45, 2.75) is 70.4 Å². The number of alkyl halides is 2. The molecule has 1 saturated carbocycles. The lowest BCUT2D eigenvalue weighted by molar-refractivity contribution is -0.149. The highest BCUT2D eigenvalue weighted by atomic mass is 19.3. The molecule has 1 atom stereocenters. The SMILES string of the molecule is CC(C)(C)OC(=O)N1CCC2(CCC(F)(F)CC2)C1C(=O)O. The second-order valence-corrected chi connectivity index (χ2v) is 7.38. The van der Waals surface area contributed by atoms with E-state index in [2.05, 4.69) is 0 Å². The third-order valence-corrected chi connectivity index (χ3v) is 4.58. The molecule has 22 heavy (non-hydrogen) atoms. The third kappa shape index (κ3) is 3.33. The van der Waals surface area contributed by atoms with Gasteiger partial charge in [0.15, 0.2) is 0 Å². The summed E-state index contributed by atoms with van der Waals surface area (Å²) < 4.78 is 32.0. The quantitative estimate of drug-likeness (QED) is 0.805. The first-order valence-electron chi connectivity index (χ1n) is 7.56. The Labute approximate surface area is 128 Å². The van der Waals surface area contributed by atoms with E-state index in [-0.39, 0.29) is 32.2 Å². The minimum Gasteiger partial charge on any atom is -0.480 e. The molecule has 2 rings (SSSR count). The van der Waals surface area contributed by atoms with Crippen molar-refractivity contribution >= 4 is 12.1 Å². The van der Waals surface area contributed by atoms with Gasteiger partial charge in [-0.15, -0.1) is 0 Å². The molecular formula is C15H23F2NO4. The molecule has 1 spiro atoms. The van der Waals surface area contributed by atoms with Crippen LogP contribution in [-0.2, 0) is 9.53 Å². The molecule has 0 bridgehead atoms. The fraction of sp³-hybridized carbons (Fsp3) is 0.867. The lowest BCUT2D eigenvalue weighted by Crippen LogP contribution is -2.51. The van der Waals surface area contributed by atoms with Gasteiger partial charge in [-0.1, -0.05) is 0 Å². The monoisotopic (exact) mass is 319 g/mol. The number of hydrogen-bond donors (Lipinski definition) is 1. The second kappa shape index (κ2) is 5.35. The molecule has 2 fully saturated rings. The minimum atomic E-state index is -2.73. The van der Waals surface area contributed by atoms with Crippen molar-refractivity contribution in [2.24, 2.45) is 5.41 Å². The molecule has 1 aliphatic carbocycles. The van der Waals surface area contributed by atoms with Gasteiger partial charge < -0.3 is 9.84 Å². The van der Waals surface area contributed by atoms with Crippen LogP contribution in [0.25, 0.3) is 0 Å². The Morgan fingerprint density at radius 3 is 2.14 bits per heavy atom. The highest BCUT2D eigenvalue weighted by Gasteiger charge is 2.57. The molecule has 5 nitrogen and oxygen atoms in total. The van der Waals surface area contributed by atoms with Gasteiger partial charge in [-0.3, -0.25) is 4.90 Å². The molecule has 126 valence electrons. The van der Waals surface area contributed by atoms with Crippen molar-refractivity contribution in [3.8, 4) is 0 Å². The maximum atomic E-state index is 13.4. The molecule has 1 saturated heterocycles. The number of carbonyl (C=O) groups is 2. The molecule has 1 aliphatic heterocycles. The first-order valence-corrected chi connectivity index (χ1v) is 7.56. The van der Waals surface area contributed by atoms with E-state index in [9.17, 15) is 23.5 Å². The summed E-state index contributed by atoms with van der Waals surface area (Å²) in [6.45, 7) is 5.34. The van der Waals surface area contributed by atoms with Crippen LogP contribution in [0.15, 0.2) is 0 Å². The molecule has 1 N–H and O–H groups in total. The number of likely N-dealkylation sites (tertiary alicyclic amines) is 1. The standard InChI is InChI=1S/C15H23F2NO4/c1-13(2,3)22-12(21)18-9-8-14(10(18)11(19)20)4-6-15(16,17)7-5-14/h10H,4-9H2,1-3H3,(H,19,20). The summed E-state index contributed by atoms with van der Waals surface area (Å²) in [5.41, 5.74) is -1.49. The fourth-order valence-corrected chi connectivity index (χ4v) is 3.49. The lowest BCUT2D eigenvalue weighted by atomic mass is 9.68. The summed E-state index contributed by atoms with van der Waals surface area (Å²) in [6, 6.07) is -1.08. The van der Waals surface area contributed by atoms with Gasteiger partial charge in [-0.2, -0.15) is 0 Å². The maximum Gasteiger partial charge on any atom is 0.411 e. The molecule has 7 heteroatoms. The summed E-state index contributed by atoms with van der Waals surface area (Å²) >= 11 is 0. The van der Waals surface area contributed by atoms with Crippen molar-refractivity contribution < 1.29 is 28.2 Å². The van der Waals surface area contributed by atoms with E-state index < -0.39 is 35.0 Å². The summed E-state index contributed by atoms with van der Waals surface area (Å²) in [5.74, 6) is -3.87. The minimum absolute atomic E-state index is 0.121. The van der Waals surface area contributed by atoms with Crippen molar-refractivity contribution in [1.82, 2.24) is 4.90 Å². The van der Waals surface area contributed by atoms with Crippen molar-refractivity contribution in [2.75, 3.05) is 6.54 Å². The number of hydrogen-bond acceptors (Lipinski definition) is 3. The average molecular weight is 319 g/mol. The van der Waals surface area contributed by atoms with Crippen molar-refractivity contribution in [3.63, 3.8) is 0 Å². The zero-order valence-electron chi connectivity index (χ0n) is 13.2. The number of carboxylic acids is 1. The van der Waals surface area contributed by atoms with Crippen LogP contribution in [-0.4, -0.2) is 46.2 Å². The number of rotatable bonds is 1. The van der Waals surface area contributed by atoms with Gasteiger partial charge in [-0.05, 0) is 40.0 Å². The zero-order valence-corrected chi connectivity index (χ0v) is 13.2. The van der Waals surface area contributed by atoms with Crippen LogP contribution in [0.3, 0.4) is 0 Å². The second-order valence-electron chi connectivity index (χ2n) is 7.38. The molecule has 0 radical (unpaired) electrons. The summed E-state index contributed by atoms with van der Waals surface area (Å²) in [5, 5.41) is 9.54. The van der Waals surface area contributed by atoms with E-state index in [1.165, 1.54) is 4.90 Å². The number of aliphatic carboxylic acids is 1. The predicted octanol–water partition coefficient (Wildman–Crippen LogP) is 3.28. The number of carboxylic acid groups (broad SMARTS) is 1. The van der Waals surface area contributed by atoms with Gasteiger partial charge in [0, 0.05) is 24.8 Å². The molecule has 1 heterocycles. The molecule has 2 aliphatic rings. The Morgan fingerprint density at radius 1 is 1.14 bits per heavy atom. The maximum absolute atomic E-state index is 13.4. The first-order chi connectivity index (χ1) is 9.96. The van der Waals surface area contributed by atoms with Crippen LogP contribution >= 0.6 is 0 Å². The fourth-order valence-electron chi connectivity index (χ4n) is 3.49. The smallest absolute Gasteiger partial charge is 0.411 e. The normalized spacial score (nSPS) is 27.0. The highest BCUT2D eigenvalue weighted by molar-refractivity contribution is 5.82. The molecular weight excluding hydrogens is 296 g/mol. The lowest BCUT2D eigenvalue weighted by Gasteiger charge is -2.40. The summed E-state index contributed by atoms with van der Waals surface area (Å²) in [4.78, 5) is 25.1. The predicted molar refractivity (Wildman–Crippen MR) is 74.8 cm³/mol. The van der Waals surface area contributed by atoms with E-state index >= 15 is 0 Å². The van der Waals surface area contributed by atoms with Crippen LogP contribution < -0.4 is 0 Å². The third-order valence-electron chi connectivity index (χ3n) is 4.58. The number of carbonyl (C=O) groups excluding carboxylic acids is 1. The van der Waals surface area contributed by atoms with Gasteiger partial charge in [0.25, 0.3) is 0 Å². The Bertz CT molecular complexity index is 463. The van der Waals surface area contributed by atoms with Crippen LogP contribution in [0.1, 0.15) is 52.9 Å². The highest BCUT2D eigenvalue weighted by Crippen LogP contribution is 2.52. The van der Waals surface area contributed by atoms with Crippen LogP contribution in [0.4, 0.5) is 13.6 Å². The molecule has 0 aromatic rings. The Hall–Kier alpha value is -1.40. The van der Waals surface area contributed by atoms with Gasteiger partial charge in [0.05, 0.1) is 0 Å². The Kier molecular flexibility index (Phi) is 4.13. The Morgan fingerprint density at radius 2 is 1.68 bits per heavy atom. The van der Waals surface area contributed by atoms with Crippen LogP contribution in [0.5, 0.6) is 0 Å². The van der Waals surface area contributed by atoms with Gasteiger partial charge in [0.1, 0.15) is 11.6 Å². The largest absolute Gasteiger partial charge is 0.480 e. The van der Waals surface area contributed by atoms with Crippen molar-refractivity contribution in [3.05, 3.63) is 0 Å². The summed E-state index contributed by atoms with van der Waals surface area (Å²) in [6.07, 6.45) is -0.655. The zero-order chi connectivity index (χ0) is 16.8. The number of amides is 1. The van der Waals surface area contributed by atoms with E-state index in [0.29, 0.717) is 6.42 Å². The van der Waals surface area contributed by atoms with E-state index in [1.54, 1.807) is 20.8 Å². The molecule has 1 unspecified atom stereocenters. The van der Waals surface area contributed by atoms with Gasteiger partial charge in [0.2, 0.25) is 5.92 Å². The number of ether oxygens (including phenoxy) is 1. The van der Waals surface area contributed by atoms with E-state index in [0.717, 1.165) is 0 Å². The van der Waals surface area contributed by atoms with Crippen LogP contribution in [0.2, 0.25) is 0 Å². The molecule has 0 aromatic heterocycles. The molecule has 1 amide bonds. The van der Waals surface area contributed by atoms with Crippen LogP contribution in [0, 0.1) is 5.41 Å². The molecule has 0 aromatic carbocycles. The topological polar surface area (TPSA) is 66.8 Å².